The Hall–Kier alpha value is -3.69. The van der Waals surface area contributed by atoms with Gasteiger partial charge in [0, 0.05) is 13.1 Å². The highest BCUT2D eigenvalue weighted by molar-refractivity contribution is 7.89. The van der Waals surface area contributed by atoms with Crippen molar-refractivity contribution in [1.82, 2.24) is 9.62 Å². The summed E-state index contributed by atoms with van der Waals surface area (Å²) in [4.78, 5) is 24.9. The van der Waals surface area contributed by atoms with Gasteiger partial charge in [-0.3, -0.25) is 4.79 Å². The third-order valence-corrected chi connectivity index (χ3v) is 7.61. The van der Waals surface area contributed by atoms with Crippen LogP contribution < -0.4 is 5.32 Å². The molecule has 1 N–H and O–H groups in total. The fraction of sp³-hybridized carbons (Fsp3) is 0.286. The van der Waals surface area contributed by atoms with Gasteiger partial charge in [0.1, 0.15) is 12.6 Å². The molecule has 0 radical (unpaired) electrons. The molecule has 0 saturated carbocycles. The summed E-state index contributed by atoms with van der Waals surface area (Å²) in [5.74, 6) is -0.634. The number of ether oxygens (including phenoxy) is 2. The predicted octanol–water partition coefficient (Wildman–Crippen LogP) is 4.52. The number of hydrogen-bond acceptors (Lipinski definition) is 6. The Balaban J connectivity index is 1.64. The first-order chi connectivity index (χ1) is 17.9. The Kier molecular flexibility index (Phi) is 10.7. The molecule has 0 fully saturated rings. The molecule has 0 heterocycles. The number of benzene rings is 3. The van der Waals surface area contributed by atoms with Gasteiger partial charge >= 0.3 is 12.1 Å². The van der Waals surface area contributed by atoms with E-state index in [1.54, 1.807) is 18.2 Å². The second-order valence-corrected chi connectivity index (χ2v) is 10.3. The maximum absolute atomic E-state index is 13.6. The van der Waals surface area contributed by atoms with E-state index in [9.17, 15) is 18.0 Å². The molecule has 37 heavy (non-hydrogen) atoms. The van der Waals surface area contributed by atoms with Crippen LogP contribution >= 0.6 is 0 Å². The maximum Gasteiger partial charge on any atom is 0.407 e. The number of methoxy groups -OCH3 is 1. The first kappa shape index (κ1) is 27.9. The van der Waals surface area contributed by atoms with Crippen molar-refractivity contribution < 1.29 is 27.5 Å². The van der Waals surface area contributed by atoms with Gasteiger partial charge in [-0.25, -0.2) is 13.2 Å². The zero-order chi connectivity index (χ0) is 26.5. The number of nitrogens with zero attached hydrogens (tertiary/aromatic N) is 1. The van der Waals surface area contributed by atoms with Crippen LogP contribution in [0.2, 0.25) is 0 Å². The average Bonchev–Trinajstić information content (AvgIpc) is 2.94. The molecule has 0 aliphatic rings. The van der Waals surface area contributed by atoms with Gasteiger partial charge < -0.3 is 14.8 Å². The zero-order valence-electron chi connectivity index (χ0n) is 20.8. The molecule has 0 spiro atoms. The van der Waals surface area contributed by atoms with E-state index in [2.05, 4.69) is 5.32 Å². The maximum atomic E-state index is 13.6. The van der Waals surface area contributed by atoms with Crippen LogP contribution in [0, 0.1) is 0 Å². The Morgan fingerprint density at radius 3 is 2.00 bits per heavy atom. The molecular formula is C28H32N2O6S. The monoisotopic (exact) mass is 524 g/mol. The third kappa shape index (κ3) is 8.44. The fourth-order valence-electron chi connectivity index (χ4n) is 3.80. The van der Waals surface area contributed by atoms with Gasteiger partial charge in [-0.1, -0.05) is 78.9 Å². The quantitative estimate of drug-likeness (QED) is 0.261. The molecule has 0 bridgehead atoms. The highest BCUT2D eigenvalue weighted by Gasteiger charge is 2.36. The van der Waals surface area contributed by atoms with Gasteiger partial charge in [0.2, 0.25) is 10.0 Å². The Labute approximate surface area is 218 Å². The lowest BCUT2D eigenvalue weighted by molar-refractivity contribution is -0.145. The minimum atomic E-state index is -4.00. The highest BCUT2D eigenvalue weighted by Crippen LogP contribution is 2.24. The number of sulfonamides is 1. The summed E-state index contributed by atoms with van der Waals surface area (Å²) in [5.41, 5.74) is 1.63. The molecule has 3 rings (SSSR count). The summed E-state index contributed by atoms with van der Waals surface area (Å²) in [6.07, 6.45) is 0.699. The van der Waals surface area contributed by atoms with Gasteiger partial charge in [-0.05, 0) is 42.5 Å². The number of rotatable bonds is 13. The van der Waals surface area contributed by atoms with Gasteiger partial charge in [-0.2, -0.15) is 4.31 Å². The summed E-state index contributed by atoms with van der Waals surface area (Å²) in [5, 5.41) is 2.69. The van der Waals surface area contributed by atoms with Crippen LogP contribution in [0.5, 0.6) is 0 Å². The van der Waals surface area contributed by atoms with Gasteiger partial charge in [-0.15, -0.1) is 0 Å². The minimum absolute atomic E-state index is 0.0158. The molecule has 1 atom stereocenters. The number of carbonyl (C=O) groups excluding carboxylic acids is 2. The van der Waals surface area contributed by atoms with Gasteiger partial charge in [0.15, 0.2) is 0 Å². The van der Waals surface area contributed by atoms with E-state index in [-0.39, 0.29) is 24.5 Å². The van der Waals surface area contributed by atoms with Crippen molar-refractivity contribution in [3.05, 3.63) is 102 Å². The highest BCUT2D eigenvalue weighted by atomic mass is 32.2. The zero-order valence-corrected chi connectivity index (χ0v) is 21.6. The van der Waals surface area contributed by atoms with Crippen LogP contribution in [0.25, 0.3) is 0 Å². The normalized spacial score (nSPS) is 12.1. The number of esters is 1. The van der Waals surface area contributed by atoms with Crippen LogP contribution in [0.4, 0.5) is 4.79 Å². The molecule has 3 aromatic rings. The standard InChI is InChI=1S/C28H32N2O6S/c1-35-27(31)26(19-11-12-20-29-28(32)36-22-24-15-7-3-8-16-24)30(21-23-13-5-2-6-14-23)37(33,34)25-17-9-4-10-18-25/h2-10,13-18,26H,11-12,19-22H2,1H3,(H,29,32)/t26-/m0/s1. The second kappa shape index (κ2) is 14.2. The average molecular weight is 525 g/mol. The molecule has 3 aromatic carbocycles. The molecule has 8 nitrogen and oxygen atoms in total. The first-order valence-electron chi connectivity index (χ1n) is 12.0. The summed E-state index contributed by atoms with van der Waals surface area (Å²) in [6, 6.07) is 25.5. The van der Waals surface area contributed by atoms with Crippen LogP contribution in [-0.4, -0.2) is 44.5 Å². The lowest BCUT2D eigenvalue weighted by atomic mass is 10.1. The van der Waals surface area contributed by atoms with Crippen molar-refractivity contribution in [2.45, 2.75) is 43.4 Å². The van der Waals surface area contributed by atoms with Crippen molar-refractivity contribution >= 4 is 22.1 Å². The van der Waals surface area contributed by atoms with E-state index in [4.69, 9.17) is 9.47 Å². The van der Waals surface area contributed by atoms with Crippen molar-refractivity contribution in [2.24, 2.45) is 0 Å². The smallest absolute Gasteiger partial charge is 0.407 e. The van der Waals surface area contributed by atoms with Crippen LogP contribution in [0.1, 0.15) is 30.4 Å². The molecule has 196 valence electrons. The van der Waals surface area contributed by atoms with Crippen molar-refractivity contribution in [3.63, 3.8) is 0 Å². The lowest BCUT2D eigenvalue weighted by Gasteiger charge is -2.29. The predicted molar refractivity (Wildman–Crippen MR) is 140 cm³/mol. The van der Waals surface area contributed by atoms with E-state index in [1.807, 2.05) is 60.7 Å². The molecule has 0 aromatic heterocycles. The van der Waals surface area contributed by atoms with E-state index in [0.29, 0.717) is 19.4 Å². The van der Waals surface area contributed by atoms with Crippen LogP contribution in [0.3, 0.4) is 0 Å². The molecule has 0 aliphatic carbocycles. The Morgan fingerprint density at radius 1 is 0.838 bits per heavy atom. The van der Waals surface area contributed by atoms with Crippen molar-refractivity contribution in [2.75, 3.05) is 13.7 Å². The summed E-state index contributed by atoms with van der Waals surface area (Å²) >= 11 is 0. The van der Waals surface area contributed by atoms with Gasteiger partial charge in [0.25, 0.3) is 0 Å². The molecule has 1 amide bonds. The topological polar surface area (TPSA) is 102 Å². The van der Waals surface area contributed by atoms with E-state index in [1.165, 1.54) is 23.5 Å². The van der Waals surface area contributed by atoms with E-state index in [0.717, 1.165) is 11.1 Å². The SMILES string of the molecule is COC(=O)[C@H](CCCCNC(=O)OCc1ccccc1)N(Cc1ccccc1)S(=O)(=O)c1ccccc1. The molecular weight excluding hydrogens is 492 g/mol. The van der Waals surface area contributed by atoms with Crippen molar-refractivity contribution in [1.29, 1.82) is 0 Å². The van der Waals surface area contributed by atoms with Crippen LogP contribution in [-0.2, 0) is 37.4 Å². The Morgan fingerprint density at radius 2 is 1.41 bits per heavy atom. The number of alkyl carbamates (subject to hydrolysis) is 1. The molecule has 0 saturated heterocycles. The molecule has 0 aliphatic heterocycles. The number of amides is 1. The number of unbranched alkanes of at least 4 members (excludes halogenated alkanes) is 1. The minimum Gasteiger partial charge on any atom is -0.468 e. The molecule has 0 unspecified atom stereocenters. The third-order valence-electron chi connectivity index (χ3n) is 5.74. The first-order valence-corrected chi connectivity index (χ1v) is 13.5. The van der Waals surface area contributed by atoms with E-state index < -0.39 is 28.1 Å². The van der Waals surface area contributed by atoms with Crippen molar-refractivity contribution in [3.8, 4) is 0 Å². The lowest BCUT2D eigenvalue weighted by Crippen LogP contribution is -2.45. The second-order valence-electron chi connectivity index (χ2n) is 8.37. The summed E-state index contributed by atoms with van der Waals surface area (Å²) < 4.78 is 38.6. The summed E-state index contributed by atoms with van der Waals surface area (Å²) in [7, 11) is -2.76. The van der Waals surface area contributed by atoms with Crippen LogP contribution in [0.15, 0.2) is 95.9 Å². The molecule has 9 heteroatoms. The van der Waals surface area contributed by atoms with Gasteiger partial charge in [0.05, 0.1) is 12.0 Å². The fourth-order valence-corrected chi connectivity index (χ4v) is 5.41. The number of nitrogens with one attached hydrogen (secondary N) is 1. The summed E-state index contributed by atoms with van der Waals surface area (Å²) in [6.45, 7) is 0.510. The van der Waals surface area contributed by atoms with E-state index >= 15 is 0 Å². The number of carbonyl (C=O) groups is 2. The number of hydrogen-bond donors (Lipinski definition) is 1. The largest absolute Gasteiger partial charge is 0.468 e. The Bertz CT molecular complexity index is 1220.